The van der Waals surface area contributed by atoms with Gasteiger partial charge in [0.2, 0.25) is 15.9 Å². The Morgan fingerprint density at radius 3 is 2.45 bits per heavy atom. The lowest BCUT2D eigenvalue weighted by Crippen LogP contribution is -2.49. The molecule has 0 saturated carbocycles. The van der Waals surface area contributed by atoms with Gasteiger partial charge < -0.3 is 10.2 Å². The summed E-state index contributed by atoms with van der Waals surface area (Å²) in [6.07, 6.45) is 6.24. The summed E-state index contributed by atoms with van der Waals surface area (Å²) in [4.78, 5) is 15.1. The van der Waals surface area contributed by atoms with Crippen LogP contribution in [0.3, 0.4) is 0 Å². The van der Waals surface area contributed by atoms with E-state index in [1.807, 2.05) is 42.5 Å². The number of aryl methyl sites for hydroxylation is 1. The number of hydrogen-bond donors (Lipinski definition) is 1. The second-order valence-corrected chi connectivity index (χ2v) is 11.2. The van der Waals surface area contributed by atoms with E-state index in [0.29, 0.717) is 36.9 Å². The Morgan fingerprint density at radius 1 is 0.970 bits per heavy atom. The smallest absolute Gasteiger partial charge is 0.243 e. The summed E-state index contributed by atoms with van der Waals surface area (Å²) in [6, 6.07) is 17.6. The molecular formula is C26H35N3O3S. The highest BCUT2D eigenvalue weighted by Crippen LogP contribution is 2.27. The topological polar surface area (TPSA) is 69.7 Å². The fourth-order valence-corrected chi connectivity index (χ4v) is 6.45. The molecule has 0 aliphatic carbocycles. The summed E-state index contributed by atoms with van der Waals surface area (Å²) >= 11 is 0. The number of benzene rings is 2. The van der Waals surface area contributed by atoms with Gasteiger partial charge >= 0.3 is 0 Å². The van der Waals surface area contributed by atoms with Gasteiger partial charge in [-0.25, -0.2) is 8.42 Å². The van der Waals surface area contributed by atoms with E-state index in [1.165, 1.54) is 23.6 Å². The van der Waals surface area contributed by atoms with Gasteiger partial charge in [0, 0.05) is 43.8 Å². The maximum absolute atomic E-state index is 13.3. The second-order valence-electron chi connectivity index (χ2n) is 9.29. The SMILES string of the molecule is CC1CCCCN1c1ccc(S(=O)(=O)N2CCCC(NC(=O)CCc3ccccc3)C2)cc1. The summed E-state index contributed by atoms with van der Waals surface area (Å²) in [6.45, 7) is 4.06. The Hall–Kier alpha value is -2.38. The summed E-state index contributed by atoms with van der Waals surface area (Å²) in [5.74, 6) is -0.0249. The van der Waals surface area contributed by atoms with Crippen LogP contribution in [0, 0.1) is 0 Å². The van der Waals surface area contributed by atoms with Gasteiger partial charge in [0.1, 0.15) is 0 Å². The van der Waals surface area contributed by atoms with Gasteiger partial charge in [0.25, 0.3) is 0 Å². The van der Waals surface area contributed by atoms with Crippen LogP contribution in [0.5, 0.6) is 0 Å². The lowest BCUT2D eigenvalue weighted by atomic mass is 10.0. The third-order valence-corrected chi connectivity index (χ3v) is 8.72. The van der Waals surface area contributed by atoms with Crippen LogP contribution in [0.25, 0.3) is 0 Å². The summed E-state index contributed by atoms with van der Waals surface area (Å²) in [5, 5.41) is 3.05. The van der Waals surface area contributed by atoms with Crippen molar-refractivity contribution in [3.63, 3.8) is 0 Å². The number of hydrogen-bond acceptors (Lipinski definition) is 4. The molecule has 2 aromatic carbocycles. The minimum absolute atomic E-state index is 0.0249. The Bertz CT molecular complexity index is 1020. The molecule has 1 N–H and O–H groups in total. The molecule has 0 aromatic heterocycles. The molecule has 6 nitrogen and oxygen atoms in total. The Morgan fingerprint density at radius 2 is 1.73 bits per heavy atom. The van der Waals surface area contributed by atoms with E-state index >= 15 is 0 Å². The van der Waals surface area contributed by atoms with Gasteiger partial charge in [-0.05, 0) is 75.3 Å². The molecule has 2 aromatic rings. The van der Waals surface area contributed by atoms with E-state index in [-0.39, 0.29) is 11.9 Å². The molecule has 2 fully saturated rings. The van der Waals surface area contributed by atoms with E-state index < -0.39 is 10.0 Å². The number of rotatable bonds is 7. The third kappa shape index (κ3) is 5.95. The molecule has 2 saturated heterocycles. The number of carbonyl (C=O) groups excluding carboxylic acids is 1. The summed E-state index contributed by atoms with van der Waals surface area (Å²) < 4.78 is 28.1. The van der Waals surface area contributed by atoms with Crippen molar-refractivity contribution in [2.24, 2.45) is 0 Å². The van der Waals surface area contributed by atoms with Crippen molar-refractivity contribution in [3.8, 4) is 0 Å². The van der Waals surface area contributed by atoms with E-state index in [9.17, 15) is 13.2 Å². The number of nitrogens with zero attached hydrogens (tertiary/aromatic N) is 2. The summed E-state index contributed by atoms with van der Waals surface area (Å²) in [7, 11) is -3.58. The molecule has 0 spiro atoms. The van der Waals surface area contributed by atoms with Gasteiger partial charge in [-0.1, -0.05) is 30.3 Å². The van der Waals surface area contributed by atoms with Crippen molar-refractivity contribution in [1.82, 2.24) is 9.62 Å². The quantitative estimate of drug-likeness (QED) is 0.666. The minimum atomic E-state index is -3.58. The first-order valence-corrected chi connectivity index (χ1v) is 13.6. The number of nitrogens with one attached hydrogen (secondary N) is 1. The first kappa shape index (κ1) is 23.8. The zero-order valence-electron chi connectivity index (χ0n) is 19.4. The highest BCUT2D eigenvalue weighted by molar-refractivity contribution is 7.89. The molecule has 7 heteroatoms. The van der Waals surface area contributed by atoms with Gasteiger partial charge in [0.05, 0.1) is 4.90 Å². The first-order valence-electron chi connectivity index (χ1n) is 12.1. The van der Waals surface area contributed by atoms with Crippen LogP contribution >= 0.6 is 0 Å². The second kappa shape index (κ2) is 10.7. The molecule has 4 rings (SSSR count). The van der Waals surface area contributed by atoms with E-state index in [0.717, 1.165) is 30.6 Å². The van der Waals surface area contributed by atoms with Crippen LogP contribution in [0.2, 0.25) is 0 Å². The van der Waals surface area contributed by atoms with Crippen LogP contribution in [-0.4, -0.2) is 50.3 Å². The molecule has 2 aliphatic heterocycles. The van der Waals surface area contributed by atoms with E-state index in [4.69, 9.17) is 0 Å². The maximum Gasteiger partial charge on any atom is 0.243 e. The van der Waals surface area contributed by atoms with Gasteiger partial charge in [-0.15, -0.1) is 0 Å². The maximum atomic E-state index is 13.3. The average Bonchev–Trinajstić information content (AvgIpc) is 2.84. The Kier molecular flexibility index (Phi) is 7.71. The molecule has 2 unspecified atom stereocenters. The number of anilines is 1. The molecule has 2 atom stereocenters. The zero-order chi connectivity index (χ0) is 23.3. The highest BCUT2D eigenvalue weighted by atomic mass is 32.2. The molecule has 2 aliphatic rings. The number of amides is 1. The van der Waals surface area contributed by atoms with Crippen molar-refractivity contribution in [2.75, 3.05) is 24.5 Å². The van der Waals surface area contributed by atoms with Gasteiger partial charge in [-0.2, -0.15) is 4.31 Å². The molecule has 2 heterocycles. The number of piperidine rings is 2. The Balaban J connectivity index is 1.35. The molecule has 0 bridgehead atoms. The van der Waals surface area contributed by atoms with Gasteiger partial charge in [-0.3, -0.25) is 4.79 Å². The van der Waals surface area contributed by atoms with Crippen molar-refractivity contribution in [2.45, 2.75) is 68.8 Å². The van der Waals surface area contributed by atoms with Crippen molar-refractivity contribution in [1.29, 1.82) is 0 Å². The minimum Gasteiger partial charge on any atom is -0.369 e. The van der Waals surface area contributed by atoms with Crippen molar-refractivity contribution in [3.05, 3.63) is 60.2 Å². The van der Waals surface area contributed by atoms with Crippen LogP contribution in [-0.2, 0) is 21.2 Å². The number of sulfonamides is 1. The summed E-state index contributed by atoms with van der Waals surface area (Å²) in [5.41, 5.74) is 2.21. The third-order valence-electron chi connectivity index (χ3n) is 6.84. The van der Waals surface area contributed by atoms with E-state index in [1.54, 1.807) is 12.1 Å². The van der Waals surface area contributed by atoms with Gasteiger partial charge in [0.15, 0.2) is 0 Å². The lowest BCUT2D eigenvalue weighted by molar-refractivity contribution is -0.122. The monoisotopic (exact) mass is 469 g/mol. The normalized spacial score (nSPS) is 22.2. The first-order chi connectivity index (χ1) is 15.9. The molecule has 1 amide bonds. The fourth-order valence-electron chi connectivity index (χ4n) is 4.92. The van der Waals surface area contributed by atoms with E-state index in [2.05, 4.69) is 17.1 Å². The predicted molar refractivity (Wildman–Crippen MR) is 132 cm³/mol. The average molecular weight is 470 g/mol. The lowest BCUT2D eigenvalue weighted by Gasteiger charge is -2.35. The highest BCUT2D eigenvalue weighted by Gasteiger charge is 2.31. The predicted octanol–water partition coefficient (Wildman–Crippen LogP) is 3.97. The van der Waals surface area contributed by atoms with Crippen LogP contribution in [0.1, 0.15) is 51.0 Å². The van der Waals surface area contributed by atoms with Crippen LogP contribution in [0.15, 0.2) is 59.5 Å². The molecule has 33 heavy (non-hydrogen) atoms. The Labute approximate surface area is 198 Å². The largest absolute Gasteiger partial charge is 0.369 e. The van der Waals surface area contributed by atoms with Crippen molar-refractivity contribution >= 4 is 21.6 Å². The molecular weight excluding hydrogens is 434 g/mol. The van der Waals surface area contributed by atoms with Crippen LogP contribution < -0.4 is 10.2 Å². The van der Waals surface area contributed by atoms with Crippen molar-refractivity contribution < 1.29 is 13.2 Å². The fraction of sp³-hybridized carbons (Fsp3) is 0.500. The van der Waals surface area contributed by atoms with Crippen LogP contribution in [0.4, 0.5) is 5.69 Å². The molecule has 0 radical (unpaired) electrons. The number of carbonyl (C=O) groups is 1. The molecule has 178 valence electrons. The zero-order valence-corrected chi connectivity index (χ0v) is 20.3. The standard InChI is InChI=1S/C26H35N3O3S/c1-21-8-5-6-19-29(21)24-13-15-25(16-14-24)33(31,32)28-18-7-11-23(20-28)27-26(30)17-12-22-9-3-2-4-10-22/h2-4,9-10,13-16,21,23H,5-8,11-12,17-20H2,1H3,(H,27,30).